The lowest BCUT2D eigenvalue weighted by molar-refractivity contribution is 0.301. The summed E-state index contributed by atoms with van der Waals surface area (Å²) in [7, 11) is 0. The zero-order valence-electron chi connectivity index (χ0n) is 12.5. The molecule has 1 nitrogen and oxygen atoms in total. The summed E-state index contributed by atoms with van der Waals surface area (Å²) in [5.74, 6) is -3.68. The Morgan fingerprint density at radius 2 is 1.65 bits per heavy atom. The van der Waals surface area contributed by atoms with Crippen LogP contribution in [0.15, 0.2) is 12.1 Å². The summed E-state index contributed by atoms with van der Waals surface area (Å²) in [6, 6.07) is 2.07. The van der Waals surface area contributed by atoms with Crippen LogP contribution in [0.5, 0.6) is 0 Å². The van der Waals surface area contributed by atoms with Crippen LogP contribution in [0.1, 0.15) is 52.0 Å². The molecule has 0 aromatic heterocycles. The minimum Gasteiger partial charge on any atom is -0.312 e. The van der Waals surface area contributed by atoms with Crippen molar-refractivity contribution in [3.63, 3.8) is 0 Å². The van der Waals surface area contributed by atoms with Gasteiger partial charge in [-0.05, 0) is 29.5 Å². The molecule has 0 unspecified atom stereocenters. The third kappa shape index (κ3) is 5.53. The summed E-state index contributed by atoms with van der Waals surface area (Å²) in [5, 5.41) is 3.19. The van der Waals surface area contributed by atoms with Crippen LogP contribution in [0, 0.1) is 22.9 Å². The van der Waals surface area contributed by atoms with E-state index < -0.39 is 17.5 Å². The Balaban J connectivity index is 2.44. The predicted molar refractivity (Wildman–Crippen MR) is 75.9 cm³/mol. The van der Waals surface area contributed by atoms with Crippen molar-refractivity contribution in [2.75, 3.05) is 6.54 Å². The van der Waals surface area contributed by atoms with E-state index in [1.165, 1.54) is 19.3 Å². The molecule has 1 aromatic carbocycles. The van der Waals surface area contributed by atoms with Crippen LogP contribution < -0.4 is 5.32 Å². The molecule has 20 heavy (non-hydrogen) atoms. The first-order valence-electron chi connectivity index (χ1n) is 7.20. The van der Waals surface area contributed by atoms with Crippen molar-refractivity contribution in [2.24, 2.45) is 5.41 Å². The van der Waals surface area contributed by atoms with E-state index in [4.69, 9.17) is 0 Å². The highest BCUT2D eigenvalue weighted by molar-refractivity contribution is 5.19. The third-order valence-corrected chi connectivity index (χ3v) is 3.43. The summed E-state index contributed by atoms with van der Waals surface area (Å²) in [6.45, 7) is 7.61. The molecule has 0 heterocycles. The Morgan fingerprint density at radius 3 is 2.20 bits per heavy atom. The van der Waals surface area contributed by atoms with Crippen molar-refractivity contribution in [1.82, 2.24) is 5.32 Å². The standard InChI is InChI=1S/C16H24F3N/c1-4-5-6-7-16(2,3)11-20-10-12-8-13(17)15(19)14(18)9-12/h8-9,20H,4-7,10-11H2,1-3H3. The first-order valence-corrected chi connectivity index (χ1v) is 7.20. The average molecular weight is 287 g/mol. The number of nitrogens with one attached hydrogen (secondary N) is 1. The van der Waals surface area contributed by atoms with Gasteiger partial charge in [0, 0.05) is 13.1 Å². The summed E-state index contributed by atoms with van der Waals surface area (Å²) in [6.07, 6.45) is 4.71. The van der Waals surface area contributed by atoms with Gasteiger partial charge in [0.25, 0.3) is 0 Å². The Hall–Kier alpha value is -1.03. The van der Waals surface area contributed by atoms with Crippen molar-refractivity contribution in [2.45, 2.75) is 53.0 Å². The molecule has 0 radical (unpaired) electrons. The van der Waals surface area contributed by atoms with Gasteiger partial charge in [-0.25, -0.2) is 13.2 Å². The topological polar surface area (TPSA) is 12.0 Å². The molecule has 1 rings (SSSR count). The molecule has 0 atom stereocenters. The van der Waals surface area contributed by atoms with E-state index in [9.17, 15) is 13.2 Å². The second-order valence-electron chi connectivity index (χ2n) is 6.10. The molecule has 1 aromatic rings. The molecule has 0 spiro atoms. The maximum absolute atomic E-state index is 13.1. The molecule has 0 bridgehead atoms. The molecular weight excluding hydrogens is 263 g/mol. The molecule has 0 saturated carbocycles. The number of halogens is 3. The van der Waals surface area contributed by atoms with Gasteiger partial charge in [0.2, 0.25) is 0 Å². The van der Waals surface area contributed by atoms with E-state index in [1.54, 1.807) is 0 Å². The molecule has 0 aliphatic carbocycles. The van der Waals surface area contributed by atoms with Crippen LogP contribution in [0.4, 0.5) is 13.2 Å². The fourth-order valence-corrected chi connectivity index (χ4v) is 2.20. The van der Waals surface area contributed by atoms with E-state index in [1.807, 2.05) is 0 Å². The summed E-state index contributed by atoms with van der Waals surface area (Å²) in [5.41, 5.74) is 0.567. The first kappa shape index (κ1) is 17.0. The van der Waals surface area contributed by atoms with E-state index in [0.717, 1.165) is 25.1 Å². The lowest BCUT2D eigenvalue weighted by Crippen LogP contribution is -2.29. The SMILES string of the molecule is CCCCCC(C)(C)CNCc1cc(F)c(F)c(F)c1. The quantitative estimate of drug-likeness (QED) is 0.535. The van der Waals surface area contributed by atoms with Gasteiger partial charge in [0.15, 0.2) is 17.5 Å². The van der Waals surface area contributed by atoms with Crippen LogP contribution in [-0.2, 0) is 6.54 Å². The minimum absolute atomic E-state index is 0.145. The minimum atomic E-state index is -1.41. The smallest absolute Gasteiger partial charge is 0.194 e. The van der Waals surface area contributed by atoms with Crippen LogP contribution in [0.3, 0.4) is 0 Å². The highest BCUT2D eigenvalue weighted by atomic mass is 19.2. The van der Waals surface area contributed by atoms with Gasteiger partial charge in [0.1, 0.15) is 0 Å². The van der Waals surface area contributed by atoms with Gasteiger partial charge >= 0.3 is 0 Å². The third-order valence-electron chi connectivity index (χ3n) is 3.43. The largest absolute Gasteiger partial charge is 0.312 e. The molecule has 114 valence electrons. The van der Waals surface area contributed by atoms with Gasteiger partial charge in [0.05, 0.1) is 0 Å². The Morgan fingerprint density at radius 1 is 1.05 bits per heavy atom. The molecule has 4 heteroatoms. The van der Waals surface area contributed by atoms with Gasteiger partial charge in [-0.2, -0.15) is 0 Å². The average Bonchev–Trinajstić information content (AvgIpc) is 2.35. The molecule has 0 saturated heterocycles. The fourth-order valence-electron chi connectivity index (χ4n) is 2.20. The van der Waals surface area contributed by atoms with Crippen molar-refractivity contribution >= 4 is 0 Å². The maximum Gasteiger partial charge on any atom is 0.194 e. The van der Waals surface area contributed by atoms with E-state index in [-0.39, 0.29) is 5.41 Å². The Labute approximate surface area is 119 Å². The molecular formula is C16H24F3N. The molecule has 0 fully saturated rings. The van der Waals surface area contributed by atoms with E-state index >= 15 is 0 Å². The normalized spacial score (nSPS) is 11.9. The monoisotopic (exact) mass is 287 g/mol. The second-order valence-corrected chi connectivity index (χ2v) is 6.10. The van der Waals surface area contributed by atoms with Crippen LogP contribution in [0.2, 0.25) is 0 Å². The molecule has 0 aliphatic heterocycles. The second kappa shape index (κ2) is 7.67. The maximum atomic E-state index is 13.1. The van der Waals surface area contributed by atoms with Crippen molar-refractivity contribution in [3.05, 3.63) is 35.1 Å². The number of unbranched alkanes of at least 4 members (excludes halogenated alkanes) is 2. The van der Waals surface area contributed by atoms with Crippen molar-refractivity contribution < 1.29 is 13.2 Å². The molecule has 1 N–H and O–H groups in total. The predicted octanol–water partition coefficient (Wildman–Crippen LogP) is 4.80. The zero-order chi connectivity index (χ0) is 15.2. The van der Waals surface area contributed by atoms with Gasteiger partial charge < -0.3 is 5.32 Å². The Kier molecular flexibility index (Phi) is 6.53. The molecule has 0 amide bonds. The zero-order valence-corrected chi connectivity index (χ0v) is 12.5. The van der Waals surface area contributed by atoms with Gasteiger partial charge in [-0.15, -0.1) is 0 Å². The van der Waals surface area contributed by atoms with E-state index in [0.29, 0.717) is 12.1 Å². The van der Waals surface area contributed by atoms with Crippen molar-refractivity contribution in [3.8, 4) is 0 Å². The van der Waals surface area contributed by atoms with Crippen molar-refractivity contribution in [1.29, 1.82) is 0 Å². The number of benzene rings is 1. The van der Waals surface area contributed by atoms with Gasteiger partial charge in [-0.3, -0.25) is 0 Å². The van der Waals surface area contributed by atoms with Gasteiger partial charge in [-0.1, -0.05) is 40.0 Å². The highest BCUT2D eigenvalue weighted by Gasteiger charge is 2.17. The van der Waals surface area contributed by atoms with E-state index in [2.05, 4.69) is 26.1 Å². The summed E-state index contributed by atoms with van der Waals surface area (Å²) in [4.78, 5) is 0. The fraction of sp³-hybridized carbons (Fsp3) is 0.625. The number of hydrogen-bond acceptors (Lipinski definition) is 1. The molecule has 0 aliphatic rings. The van der Waals surface area contributed by atoms with Crippen LogP contribution >= 0.6 is 0 Å². The summed E-state index contributed by atoms with van der Waals surface area (Å²) >= 11 is 0. The number of hydrogen-bond donors (Lipinski definition) is 1. The van der Waals surface area contributed by atoms with Crippen LogP contribution in [-0.4, -0.2) is 6.54 Å². The lowest BCUT2D eigenvalue weighted by Gasteiger charge is -2.25. The lowest BCUT2D eigenvalue weighted by atomic mass is 9.87. The Bertz CT molecular complexity index is 407. The summed E-state index contributed by atoms with van der Waals surface area (Å²) < 4.78 is 39.0. The first-order chi connectivity index (χ1) is 9.35. The highest BCUT2D eigenvalue weighted by Crippen LogP contribution is 2.23. The number of rotatable bonds is 8. The van der Waals surface area contributed by atoms with Crippen LogP contribution in [0.25, 0.3) is 0 Å².